The Morgan fingerprint density at radius 2 is 1.94 bits per heavy atom. The Labute approximate surface area is 192 Å². The number of benzene rings is 3. The minimum atomic E-state index is -0.242. The summed E-state index contributed by atoms with van der Waals surface area (Å²) in [6.07, 6.45) is 0. The Bertz CT molecular complexity index is 1210. The number of nitrogens with one attached hydrogen (secondary N) is 3. The second-order valence-corrected chi connectivity index (χ2v) is 8.44. The van der Waals surface area contributed by atoms with E-state index in [0.29, 0.717) is 18.7 Å². The minimum Gasteiger partial charge on any atom is -0.497 e. The molecule has 0 bridgehead atoms. The molecule has 7 heteroatoms. The predicted octanol–water partition coefficient (Wildman–Crippen LogP) is 3.57. The van der Waals surface area contributed by atoms with Crippen LogP contribution in [0.15, 0.2) is 66.7 Å². The summed E-state index contributed by atoms with van der Waals surface area (Å²) in [7, 11) is 1.62. The van der Waals surface area contributed by atoms with Crippen LogP contribution >= 0.6 is 0 Å². The average Bonchev–Trinajstić information content (AvgIpc) is 3.19. The summed E-state index contributed by atoms with van der Waals surface area (Å²) in [6, 6.07) is 20.9. The van der Waals surface area contributed by atoms with Crippen LogP contribution in [-0.4, -0.2) is 25.5 Å². The molecule has 1 fully saturated rings. The van der Waals surface area contributed by atoms with Gasteiger partial charge in [0.2, 0.25) is 5.91 Å². The molecule has 0 aliphatic carbocycles. The fraction of sp³-hybridized carbons (Fsp3) is 0.231. The summed E-state index contributed by atoms with van der Waals surface area (Å²) in [5.41, 5.74) is 8.69. The first kappa shape index (κ1) is 21.0. The molecule has 0 aromatic heterocycles. The highest BCUT2D eigenvalue weighted by molar-refractivity contribution is 5.99. The molecule has 3 aromatic carbocycles. The van der Waals surface area contributed by atoms with Gasteiger partial charge in [-0.15, -0.1) is 0 Å². The molecule has 2 unspecified atom stereocenters. The lowest BCUT2D eigenvalue weighted by Crippen LogP contribution is -2.35. The standard InChI is InChI=1S/C26H26N4O3/c1-16-6-9-19(10-7-16)30-26(32)22-15-27-23-11-8-18(13-21(23)24(22)29-30)25(31)28-14-17-4-3-5-20(12-17)33-2/h3-13,22,24,27,29H,14-15H2,1-2H3,(H,28,31). The molecule has 2 amide bonds. The third kappa shape index (κ3) is 4.03. The number of anilines is 2. The highest BCUT2D eigenvalue weighted by Crippen LogP contribution is 2.39. The van der Waals surface area contributed by atoms with E-state index >= 15 is 0 Å². The molecule has 1 saturated heterocycles. The number of ether oxygens (including phenoxy) is 1. The van der Waals surface area contributed by atoms with Crippen molar-refractivity contribution in [2.75, 3.05) is 24.0 Å². The number of rotatable bonds is 5. The third-order valence-corrected chi connectivity index (χ3v) is 6.25. The van der Waals surface area contributed by atoms with Crippen LogP contribution in [0.2, 0.25) is 0 Å². The summed E-state index contributed by atoms with van der Waals surface area (Å²) in [5.74, 6) is 0.369. The van der Waals surface area contributed by atoms with E-state index in [0.717, 1.165) is 33.8 Å². The molecule has 0 radical (unpaired) electrons. The minimum absolute atomic E-state index is 0.0230. The lowest BCUT2D eigenvalue weighted by atomic mass is 9.88. The molecule has 3 N–H and O–H groups in total. The quantitative estimate of drug-likeness (QED) is 0.563. The van der Waals surface area contributed by atoms with Crippen molar-refractivity contribution in [3.63, 3.8) is 0 Å². The van der Waals surface area contributed by atoms with E-state index in [2.05, 4.69) is 16.1 Å². The summed E-state index contributed by atoms with van der Waals surface area (Å²) in [6.45, 7) is 2.96. The zero-order chi connectivity index (χ0) is 22.9. The van der Waals surface area contributed by atoms with Gasteiger partial charge in [-0.2, -0.15) is 0 Å². The Kier molecular flexibility index (Phi) is 5.48. The van der Waals surface area contributed by atoms with Crippen LogP contribution in [0.5, 0.6) is 5.75 Å². The topological polar surface area (TPSA) is 82.7 Å². The van der Waals surface area contributed by atoms with Crippen LogP contribution in [0, 0.1) is 12.8 Å². The van der Waals surface area contributed by atoms with E-state index in [4.69, 9.17) is 4.74 Å². The fourth-order valence-electron chi connectivity index (χ4n) is 4.40. The van der Waals surface area contributed by atoms with Gasteiger partial charge >= 0.3 is 0 Å². The number of amides is 2. The number of nitrogens with zero attached hydrogens (tertiary/aromatic N) is 1. The van der Waals surface area contributed by atoms with Gasteiger partial charge in [0.1, 0.15) is 5.75 Å². The highest BCUT2D eigenvalue weighted by atomic mass is 16.5. The first-order chi connectivity index (χ1) is 16.0. The predicted molar refractivity (Wildman–Crippen MR) is 127 cm³/mol. The van der Waals surface area contributed by atoms with Gasteiger partial charge in [0.05, 0.1) is 24.8 Å². The Hall–Kier alpha value is -3.84. The van der Waals surface area contributed by atoms with E-state index in [1.54, 1.807) is 12.1 Å². The smallest absolute Gasteiger partial charge is 0.251 e. The maximum atomic E-state index is 13.1. The van der Waals surface area contributed by atoms with Crippen LogP contribution in [0.3, 0.4) is 0 Å². The Morgan fingerprint density at radius 1 is 1.12 bits per heavy atom. The van der Waals surface area contributed by atoms with E-state index in [1.807, 2.05) is 73.7 Å². The zero-order valence-electron chi connectivity index (χ0n) is 18.6. The number of methoxy groups -OCH3 is 1. The van der Waals surface area contributed by atoms with Gasteiger partial charge in [-0.25, -0.2) is 10.4 Å². The normalized spacial score (nSPS) is 18.8. The molecule has 168 valence electrons. The van der Waals surface area contributed by atoms with Crippen LogP contribution in [0.25, 0.3) is 0 Å². The van der Waals surface area contributed by atoms with Gasteiger partial charge < -0.3 is 15.4 Å². The van der Waals surface area contributed by atoms with Crippen molar-refractivity contribution in [1.29, 1.82) is 0 Å². The van der Waals surface area contributed by atoms with Crippen LogP contribution in [-0.2, 0) is 11.3 Å². The molecule has 0 saturated carbocycles. The van der Waals surface area contributed by atoms with Gasteiger partial charge in [-0.1, -0.05) is 29.8 Å². The first-order valence-electron chi connectivity index (χ1n) is 11.0. The summed E-state index contributed by atoms with van der Waals surface area (Å²) in [4.78, 5) is 26.0. The molecule has 3 aromatic rings. The largest absolute Gasteiger partial charge is 0.497 e. The van der Waals surface area contributed by atoms with Crippen molar-refractivity contribution in [3.05, 3.63) is 89.0 Å². The van der Waals surface area contributed by atoms with Crippen molar-refractivity contribution in [1.82, 2.24) is 10.7 Å². The van der Waals surface area contributed by atoms with Crippen LogP contribution in [0.1, 0.15) is 33.1 Å². The Morgan fingerprint density at radius 3 is 2.73 bits per heavy atom. The monoisotopic (exact) mass is 442 g/mol. The molecule has 2 atom stereocenters. The SMILES string of the molecule is COc1cccc(CNC(=O)c2ccc3c(c2)C2NN(c4ccc(C)cc4)C(=O)C2CN3)c1. The number of hydrogen-bond donors (Lipinski definition) is 3. The van der Waals surface area contributed by atoms with Gasteiger partial charge in [0.15, 0.2) is 0 Å². The maximum absolute atomic E-state index is 13.1. The lowest BCUT2D eigenvalue weighted by molar-refractivity contribution is -0.120. The number of hydrazine groups is 1. The van der Waals surface area contributed by atoms with E-state index < -0.39 is 0 Å². The molecular weight excluding hydrogens is 416 g/mol. The van der Waals surface area contributed by atoms with E-state index in [1.165, 1.54) is 0 Å². The zero-order valence-corrected chi connectivity index (χ0v) is 18.6. The van der Waals surface area contributed by atoms with Crippen molar-refractivity contribution < 1.29 is 14.3 Å². The van der Waals surface area contributed by atoms with Gasteiger partial charge in [-0.05, 0) is 60.5 Å². The van der Waals surface area contributed by atoms with Crippen molar-refractivity contribution in [2.24, 2.45) is 5.92 Å². The number of fused-ring (bicyclic) bond motifs is 3. The summed E-state index contributed by atoms with van der Waals surface area (Å²) in [5, 5.41) is 7.94. The average molecular weight is 443 g/mol. The van der Waals surface area contributed by atoms with E-state index in [9.17, 15) is 9.59 Å². The number of carbonyl (C=O) groups is 2. The molecule has 2 aliphatic rings. The molecule has 33 heavy (non-hydrogen) atoms. The third-order valence-electron chi connectivity index (χ3n) is 6.25. The molecule has 2 heterocycles. The lowest BCUT2D eigenvalue weighted by Gasteiger charge is -2.27. The number of aryl methyl sites for hydroxylation is 1. The number of carbonyl (C=O) groups excluding carboxylic acids is 2. The van der Waals surface area contributed by atoms with Crippen molar-refractivity contribution in [3.8, 4) is 5.75 Å². The van der Waals surface area contributed by atoms with Gasteiger partial charge in [-0.3, -0.25) is 9.59 Å². The van der Waals surface area contributed by atoms with Crippen LogP contribution < -0.4 is 25.8 Å². The van der Waals surface area contributed by atoms with Crippen molar-refractivity contribution >= 4 is 23.2 Å². The second-order valence-electron chi connectivity index (χ2n) is 8.44. The molecule has 2 aliphatic heterocycles. The highest BCUT2D eigenvalue weighted by Gasteiger charge is 2.44. The van der Waals surface area contributed by atoms with Gasteiger partial charge in [0.25, 0.3) is 5.91 Å². The van der Waals surface area contributed by atoms with Crippen LogP contribution in [0.4, 0.5) is 11.4 Å². The van der Waals surface area contributed by atoms with Gasteiger partial charge in [0, 0.05) is 24.3 Å². The molecule has 7 nitrogen and oxygen atoms in total. The first-order valence-corrected chi connectivity index (χ1v) is 11.0. The second kappa shape index (κ2) is 8.60. The molecule has 0 spiro atoms. The van der Waals surface area contributed by atoms with Crippen molar-refractivity contribution in [2.45, 2.75) is 19.5 Å². The molecule has 5 rings (SSSR count). The van der Waals surface area contributed by atoms with E-state index in [-0.39, 0.29) is 23.8 Å². The summed E-state index contributed by atoms with van der Waals surface area (Å²) < 4.78 is 5.25. The Balaban J connectivity index is 1.35. The summed E-state index contributed by atoms with van der Waals surface area (Å²) >= 11 is 0. The molecular formula is C26H26N4O3. The fourth-order valence-corrected chi connectivity index (χ4v) is 4.40. The maximum Gasteiger partial charge on any atom is 0.251 e. The number of hydrogen-bond acceptors (Lipinski definition) is 5.